The molecule has 0 aromatic rings. The molecule has 14 heavy (non-hydrogen) atoms. The standard InChI is InChI=1S/C11H20N2O/c1-12-11(13-2)9-14-8-7-10-5-3-4-6-10/h7-10,12-13H,3-6H2,1-2H3/b8-7+. The minimum absolute atomic E-state index is 0.732. The molecule has 2 N–H and O–H groups in total. The summed E-state index contributed by atoms with van der Waals surface area (Å²) in [5, 5.41) is 5.94. The van der Waals surface area contributed by atoms with Crippen LogP contribution >= 0.6 is 0 Å². The molecule has 0 radical (unpaired) electrons. The van der Waals surface area contributed by atoms with Crippen molar-refractivity contribution in [1.29, 1.82) is 0 Å². The van der Waals surface area contributed by atoms with Gasteiger partial charge in [-0.15, -0.1) is 0 Å². The fraction of sp³-hybridized carbons (Fsp3) is 0.636. The first-order chi connectivity index (χ1) is 6.86. The summed E-state index contributed by atoms with van der Waals surface area (Å²) in [5.41, 5.74) is 0. The first-order valence-electron chi connectivity index (χ1n) is 5.24. The molecule has 0 bridgehead atoms. The Balaban J connectivity index is 2.21. The third kappa shape index (κ3) is 3.73. The fourth-order valence-electron chi connectivity index (χ4n) is 1.66. The Morgan fingerprint density at radius 2 is 1.86 bits per heavy atom. The minimum Gasteiger partial charge on any atom is -0.469 e. The molecular weight excluding hydrogens is 176 g/mol. The number of rotatable bonds is 5. The topological polar surface area (TPSA) is 33.3 Å². The molecule has 3 heteroatoms. The van der Waals surface area contributed by atoms with E-state index in [1.165, 1.54) is 25.7 Å². The van der Waals surface area contributed by atoms with Crippen LogP contribution in [0.5, 0.6) is 0 Å². The molecule has 1 saturated carbocycles. The lowest BCUT2D eigenvalue weighted by atomic mass is 10.1. The van der Waals surface area contributed by atoms with E-state index in [0.717, 1.165) is 11.7 Å². The molecule has 3 nitrogen and oxygen atoms in total. The molecule has 1 aliphatic rings. The van der Waals surface area contributed by atoms with Gasteiger partial charge in [-0.1, -0.05) is 12.8 Å². The highest BCUT2D eigenvalue weighted by Crippen LogP contribution is 2.25. The van der Waals surface area contributed by atoms with Crippen molar-refractivity contribution in [3.8, 4) is 0 Å². The number of hydrogen-bond acceptors (Lipinski definition) is 3. The quantitative estimate of drug-likeness (QED) is 0.659. The highest BCUT2D eigenvalue weighted by molar-refractivity contribution is 4.92. The van der Waals surface area contributed by atoms with Gasteiger partial charge >= 0.3 is 0 Å². The summed E-state index contributed by atoms with van der Waals surface area (Å²) in [5.74, 6) is 1.61. The van der Waals surface area contributed by atoms with E-state index >= 15 is 0 Å². The van der Waals surface area contributed by atoms with Crippen LogP contribution in [0.3, 0.4) is 0 Å². The van der Waals surface area contributed by atoms with Crippen molar-refractivity contribution in [3.05, 3.63) is 24.4 Å². The Bertz CT molecular complexity index is 199. The van der Waals surface area contributed by atoms with Crippen molar-refractivity contribution in [2.24, 2.45) is 5.92 Å². The fourth-order valence-corrected chi connectivity index (χ4v) is 1.66. The van der Waals surface area contributed by atoms with Gasteiger partial charge in [-0.05, 0) is 24.8 Å². The summed E-state index contributed by atoms with van der Waals surface area (Å²) < 4.78 is 5.27. The Morgan fingerprint density at radius 3 is 2.43 bits per heavy atom. The molecule has 0 aromatic carbocycles. The number of nitrogens with one attached hydrogen (secondary N) is 2. The normalized spacial score (nSPS) is 17.0. The summed E-state index contributed by atoms with van der Waals surface area (Å²) in [6, 6.07) is 0. The van der Waals surface area contributed by atoms with Gasteiger partial charge in [0.15, 0.2) is 0 Å². The van der Waals surface area contributed by atoms with E-state index in [1.807, 2.05) is 14.1 Å². The van der Waals surface area contributed by atoms with Gasteiger partial charge in [0.1, 0.15) is 12.1 Å². The zero-order chi connectivity index (χ0) is 10.2. The Hall–Kier alpha value is -1.12. The van der Waals surface area contributed by atoms with Crippen LogP contribution < -0.4 is 10.6 Å². The molecule has 1 rings (SSSR count). The molecule has 0 atom stereocenters. The number of ether oxygens (including phenoxy) is 1. The van der Waals surface area contributed by atoms with Crippen molar-refractivity contribution in [3.63, 3.8) is 0 Å². The third-order valence-electron chi connectivity index (χ3n) is 2.55. The maximum absolute atomic E-state index is 5.27. The first kappa shape index (κ1) is 11.0. The molecule has 0 saturated heterocycles. The molecule has 0 unspecified atom stereocenters. The zero-order valence-corrected chi connectivity index (χ0v) is 9.05. The highest BCUT2D eigenvalue weighted by atomic mass is 16.5. The van der Waals surface area contributed by atoms with Crippen LogP contribution in [0.15, 0.2) is 24.4 Å². The van der Waals surface area contributed by atoms with Crippen molar-refractivity contribution < 1.29 is 4.74 Å². The predicted octanol–water partition coefficient (Wildman–Crippen LogP) is 1.94. The maximum atomic E-state index is 5.27. The van der Waals surface area contributed by atoms with Crippen molar-refractivity contribution >= 4 is 0 Å². The van der Waals surface area contributed by atoms with Crippen molar-refractivity contribution in [2.75, 3.05) is 14.1 Å². The van der Waals surface area contributed by atoms with Gasteiger partial charge in [-0.25, -0.2) is 0 Å². The summed E-state index contributed by atoms with van der Waals surface area (Å²) in [4.78, 5) is 0. The molecule has 1 aliphatic carbocycles. The van der Waals surface area contributed by atoms with Gasteiger partial charge in [-0.2, -0.15) is 0 Å². The van der Waals surface area contributed by atoms with Gasteiger partial charge in [0.2, 0.25) is 0 Å². The van der Waals surface area contributed by atoms with Crippen LogP contribution in [0.1, 0.15) is 25.7 Å². The smallest absolute Gasteiger partial charge is 0.134 e. The molecule has 1 fully saturated rings. The average molecular weight is 196 g/mol. The summed E-state index contributed by atoms with van der Waals surface area (Å²) in [6.07, 6.45) is 11.0. The lowest BCUT2D eigenvalue weighted by Crippen LogP contribution is -2.19. The van der Waals surface area contributed by atoms with E-state index < -0.39 is 0 Å². The average Bonchev–Trinajstić information content (AvgIpc) is 2.71. The second-order valence-corrected chi connectivity index (χ2v) is 3.54. The highest BCUT2D eigenvalue weighted by Gasteiger charge is 2.10. The lowest BCUT2D eigenvalue weighted by molar-refractivity contribution is 0.385. The maximum Gasteiger partial charge on any atom is 0.134 e. The van der Waals surface area contributed by atoms with Crippen molar-refractivity contribution in [2.45, 2.75) is 25.7 Å². The largest absolute Gasteiger partial charge is 0.469 e. The summed E-state index contributed by atoms with van der Waals surface area (Å²) in [6.45, 7) is 0. The zero-order valence-electron chi connectivity index (χ0n) is 9.05. The molecule has 0 heterocycles. The SMILES string of the molecule is CNC(=CO/C=C/C1CCCC1)NC. The van der Waals surface area contributed by atoms with Crippen LogP contribution in [0.25, 0.3) is 0 Å². The van der Waals surface area contributed by atoms with E-state index in [2.05, 4.69) is 16.7 Å². The first-order valence-corrected chi connectivity index (χ1v) is 5.24. The Labute approximate surface area is 86.2 Å². The van der Waals surface area contributed by atoms with E-state index in [0.29, 0.717) is 0 Å². The van der Waals surface area contributed by atoms with Crippen LogP contribution in [0.2, 0.25) is 0 Å². The van der Waals surface area contributed by atoms with Crippen LogP contribution in [0.4, 0.5) is 0 Å². The Kier molecular flexibility index (Phi) is 4.97. The van der Waals surface area contributed by atoms with Gasteiger partial charge in [-0.3, -0.25) is 0 Å². The van der Waals surface area contributed by atoms with Gasteiger partial charge in [0.25, 0.3) is 0 Å². The van der Waals surface area contributed by atoms with E-state index in [1.54, 1.807) is 12.5 Å². The molecule has 0 spiro atoms. The summed E-state index contributed by atoms with van der Waals surface area (Å²) >= 11 is 0. The molecule has 80 valence electrons. The lowest BCUT2D eigenvalue weighted by Gasteiger charge is -2.04. The summed E-state index contributed by atoms with van der Waals surface area (Å²) in [7, 11) is 3.71. The van der Waals surface area contributed by atoms with Crippen LogP contribution in [-0.2, 0) is 4.74 Å². The molecular formula is C11H20N2O. The van der Waals surface area contributed by atoms with Gasteiger partial charge in [0.05, 0.1) is 6.26 Å². The van der Waals surface area contributed by atoms with E-state index in [4.69, 9.17) is 4.74 Å². The number of allylic oxidation sites excluding steroid dienone is 1. The monoisotopic (exact) mass is 196 g/mol. The second kappa shape index (κ2) is 6.35. The van der Waals surface area contributed by atoms with Crippen LogP contribution in [-0.4, -0.2) is 14.1 Å². The molecule has 0 aliphatic heterocycles. The van der Waals surface area contributed by atoms with Gasteiger partial charge in [0, 0.05) is 14.1 Å². The molecule has 0 aromatic heterocycles. The second-order valence-electron chi connectivity index (χ2n) is 3.54. The predicted molar refractivity (Wildman–Crippen MR) is 58.4 cm³/mol. The van der Waals surface area contributed by atoms with Crippen molar-refractivity contribution in [1.82, 2.24) is 10.6 Å². The minimum atomic E-state index is 0.732. The molecule has 0 amide bonds. The van der Waals surface area contributed by atoms with Gasteiger partial charge < -0.3 is 15.4 Å². The Morgan fingerprint density at radius 1 is 1.21 bits per heavy atom. The van der Waals surface area contributed by atoms with E-state index in [-0.39, 0.29) is 0 Å². The number of hydrogen-bond donors (Lipinski definition) is 2. The third-order valence-corrected chi connectivity index (χ3v) is 2.55. The van der Waals surface area contributed by atoms with Crippen LogP contribution in [0, 0.1) is 5.92 Å². The van der Waals surface area contributed by atoms with E-state index in [9.17, 15) is 0 Å².